The van der Waals surface area contributed by atoms with Crippen molar-refractivity contribution in [2.24, 2.45) is 0 Å². The summed E-state index contributed by atoms with van der Waals surface area (Å²) in [5, 5.41) is 1.29. The van der Waals surface area contributed by atoms with Gasteiger partial charge in [0.2, 0.25) is 5.95 Å². The normalized spacial score (nSPS) is 17.1. The van der Waals surface area contributed by atoms with Crippen LogP contribution in [0, 0.1) is 0 Å². The van der Waals surface area contributed by atoms with Crippen molar-refractivity contribution >= 4 is 35.2 Å². The quantitative estimate of drug-likeness (QED) is 0.672. The minimum absolute atomic E-state index is 0.289. The molecular weight excluding hydrogens is 401 g/mol. The molecule has 0 saturated carbocycles. The number of benzene rings is 1. The van der Waals surface area contributed by atoms with Crippen LogP contribution in [0.4, 0.5) is 10.7 Å². The van der Waals surface area contributed by atoms with E-state index in [4.69, 9.17) is 32.7 Å². The number of nitrogens with zero attached hydrogens (tertiary/aromatic N) is 3. The van der Waals surface area contributed by atoms with Gasteiger partial charge in [-0.2, -0.15) is 0 Å². The molecule has 1 aromatic carbocycles. The molecule has 1 atom stereocenters. The van der Waals surface area contributed by atoms with Gasteiger partial charge in [0.25, 0.3) is 0 Å². The maximum absolute atomic E-state index is 12.1. The molecule has 1 saturated heterocycles. The van der Waals surface area contributed by atoms with E-state index < -0.39 is 6.09 Å². The van der Waals surface area contributed by atoms with E-state index in [1.165, 1.54) is 4.90 Å². The molecule has 2 aromatic rings. The summed E-state index contributed by atoms with van der Waals surface area (Å²) in [4.78, 5) is 22.2. The molecule has 8 heteroatoms. The van der Waals surface area contributed by atoms with Gasteiger partial charge >= 0.3 is 6.09 Å². The van der Waals surface area contributed by atoms with Crippen molar-refractivity contribution in [2.45, 2.75) is 45.3 Å². The summed E-state index contributed by atoms with van der Waals surface area (Å²) in [6.07, 6.45) is 3.99. The molecule has 0 spiro atoms. The molecule has 0 radical (unpaired) electrons. The fraction of sp³-hybridized carbons (Fsp3) is 0.450. The van der Waals surface area contributed by atoms with Crippen LogP contribution in [0.1, 0.15) is 31.9 Å². The first-order valence-electron chi connectivity index (χ1n) is 9.09. The second-order valence-electron chi connectivity index (χ2n) is 7.63. The number of carbonyl (C=O) groups is 1. The zero-order chi connectivity index (χ0) is 20.3. The number of hydrogen-bond acceptors (Lipinski definition) is 5. The van der Waals surface area contributed by atoms with Crippen LogP contribution in [0.25, 0.3) is 0 Å². The van der Waals surface area contributed by atoms with Gasteiger partial charge in [-0.15, -0.1) is 0 Å². The third-order valence-corrected chi connectivity index (χ3v) is 4.94. The first-order valence-corrected chi connectivity index (χ1v) is 9.84. The molecule has 2 heterocycles. The lowest BCUT2D eigenvalue weighted by Gasteiger charge is -2.21. The van der Waals surface area contributed by atoms with Crippen LogP contribution in [0.3, 0.4) is 0 Å². The van der Waals surface area contributed by atoms with E-state index in [1.54, 1.807) is 12.4 Å². The van der Waals surface area contributed by atoms with Gasteiger partial charge in [-0.05, 0) is 56.9 Å². The number of halogens is 2. The Bertz CT molecular complexity index is 817. The Morgan fingerprint density at radius 1 is 1.18 bits per heavy atom. The van der Waals surface area contributed by atoms with Crippen molar-refractivity contribution < 1.29 is 14.3 Å². The maximum atomic E-state index is 12.1. The molecule has 28 heavy (non-hydrogen) atoms. The second-order valence-corrected chi connectivity index (χ2v) is 8.45. The number of cyclic esters (lactones) is 1. The Labute approximate surface area is 174 Å². The van der Waals surface area contributed by atoms with Crippen molar-refractivity contribution in [3.63, 3.8) is 0 Å². The molecule has 1 aliphatic rings. The van der Waals surface area contributed by atoms with Crippen molar-refractivity contribution in [3.8, 4) is 0 Å². The van der Waals surface area contributed by atoms with Crippen molar-refractivity contribution in [1.29, 1.82) is 0 Å². The van der Waals surface area contributed by atoms with Crippen LogP contribution < -0.4 is 4.90 Å². The number of carbonyl (C=O) groups excluding carboxylic acids is 1. The van der Waals surface area contributed by atoms with Crippen LogP contribution in [0.2, 0.25) is 10.0 Å². The number of rotatable bonds is 6. The molecule has 0 N–H and O–H groups in total. The summed E-state index contributed by atoms with van der Waals surface area (Å²) in [6, 6.07) is 5.46. The number of aromatic nitrogens is 2. The van der Waals surface area contributed by atoms with Crippen LogP contribution in [-0.2, 0) is 22.3 Å². The highest BCUT2D eigenvalue weighted by atomic mass is 35.5. The zero-order valence-electron chi connectivity index (χ0n) is 16.1. The summed E-state index contributed by atoms with van der Waals surface area (Å²) in [6.45, 7) is 6.57. The molecule has 0 bridgehead atoms. The standard InChI is InChI=1S/C20H23Cl2N3O3/c1-20(2,3)27-12-14-11-25(19(26)28-14)18-23-9-13(10-24-18)7-8-15-16(21)5-4-6-17(15)22/h4-6,9-10,14H,7-8,11-12H2,1-3H3. The minimum Gasteiger partial charge on any atom is -0.441 e. The lowest BCUT2D eigenvalue weighted by molar-refractivity contribution is -0.0408. The minimum atomic E-state index is -0.460. The molecule has 1 aliphatic heterocycles. The summed E-state index contributed by atoms with van der Waals surface area (Å²) in [5.41, 5.74) is 1.54. The molecule has 0 aliphatic carbocycles. The van der Waals surface area contributed by atoms with Crippen molar-refractivity contribution in [1.82, 2.24) is 9.97 Å². The first kappa shape index (κ1) is 20.8. The van der Waals surface area contributed by atoms with Crippen LogP contribution in [-0.4, -0.2) is 40.9 Å². The number of amides is 1. The highest BCUT2D eigenvalue weighted by Gasteiger charge is 2.34. The topological polar surface area (TPSA) is 64.5 Å². The van der Waals surface area contributed by atoms with Gasteiger partial charge in [0.15, 0.2) is 0 Å². The second kappa shape index (κ2) is 8.64. The van der Waals surface area contributed by atoms with E-state index in [0.29, 0.717) is 42.0 Å². The SMILES string of the molecule is CC(C)(C)OCC1CN(c2ncc(CCc3c(Cl)cccc3Cl)cn2)C(=O)O1. The lowest BCUT2D eigenvalue weighted by Crippen LogP contribution is -2.30. The van der Waals surface area contributed by atoms with E-state index in [-0.39, 0.29) is 11.7 Å². The Balaban J connectivity index is 1.59. The van der Waals surface area contributed by atoms with E-state index in [1.807, 2.05) is 39.0 Å². The Kier molecular flexibility index (Phi) is 6.43. The maximum Gasteiger partial charge on any atom is 0.417 e. The van der Waals surface area contributed by atoms with E-state index in [2.05, 4.69) is 9.97 Å². The van der Waals surface area contributed by atoms with E-state index in [9.17, 15) is 4.79 Å². The highest BCUT2D eigenvalue weighted by Crippen LogP contribution is 2.26. The fourth-order valence-electron chi connectivity index (χ4n) is 2.77. The fourth-order valence-corrected chi connectivity index (χ4v) is 3.36. The van der Waals surface area contributed by atoms with Gasteiger partial charge in [0, 0.05) is 22.4 Å². The van der Waals surface area contributed by atoms with Crippen LogP contribution in [0.5, 0.6) is 0 Å². The number of aryl methyl sites for hydroxylation is 1. The molecule has 1 unspecified atom stereocenters. The summed E-state index contributed by atoms with van der Waals surface area (Å²) >= 11 is 12.4. The van der Waals surface area contributed by atoms with Crippen LogP contribution >= 0.6 is 23.2 Å². The van der Waals surface area contributed by atoms with Gasteiger partial charge in [-0.1, -0.05) is 29.3 Å². The number of hydrogen-bond donors (Lipinski definition) is 0. The molecule has 150 valence electrons. The third-order valence-electron chi connectivity index (χ3n) is 4.23. The number of ether oxygens (including phenoxy) is 2. The molecule has 3 rings (SSSR count). The average Bonchev–Trinajstić information content (AvgIpc) is 3.00. The Morgan fingerprint density at radius 3 is 2.43 bits per heavy atom. The predicted molar refractivity (Wildman–Crippen MR) is 109 cm³/mol. The average molecular weight is 424 g/mol. The van der Waals surface area contributed by atoms with Crippen molar-refractivity contribution in [2.75, 3.05) is 18.1 Å². The molecular formula is C20H23Cl2N3O3. The Morgan fingerprint density at radius 2 is 1.82 bits per heavy atom. The van der Waals surface area contributed by atoms with Gasteiger partial charge in [0.05, 0.1) is 18.8 Å². The van der Waals surface area contributed by atoms with Crippen molar-refractivity contribution in [3.05, 3.63) is 51.8 Å². The summed E-state index contributed by atoms with van der Waals surface area (Å²) in [5.74, 6) is 0.322. The molecule has 1 fully saturated rings. The van der Waals surface area contributed by atoms with Gasteiger partial charge in [-0.25, -0.2) is 19.7 Å². The first-order chi connectivity index (χ1) is 13.2. The third kappa shape index (κ3) is 5.34. The molecule has 6 nitrogen and oxygen atoms in total. The van der Waals surface area contributed by atoms with Crippen LogP contribution in [0.15, 0.2) is 30.6 Å². The monoisotopic (exact) mass is 423 g/mol. The summed E-state index contributed by atoms with van der Waals surface area (Å²) in [7, 11) is 0. The van der Waals surface area contributed by atoms with E-state index >= 15 is 0 Å². The Hall–Kier alpha value is -1.89. The lowest BCUT2D eigenvalue weighted by atomic mass is 10.1. The van der Waals surface area contributed by atoms with Gasteiger partial charge in [-0.3, -0.25) is 0 Å². The molecule has 1 amide bonds. The summed E-state index contributed by atoms with van der Waals surface area (Å²) < 4.78 is 11.0. The molecule has 1 aromatic heterocycles. The largest absolute Gasteiger partial charge is 0.441 e. The highest BCUT2D eigenvalue weighted by molar-refractivity contribution is 6.35. The zero-order valence-corrected chi connectivity index (χ0v) is 17.6. The van der Waals surface area contributed by atoms with E-state index in [0.717, 1.165) is 11.1 Å². The number of anilines is 1. The predicted octanol–water partition coefficient (Wildman–Crippen LogP) is 4.71. The van der Waals surface area contributed by atoms with Gasteiger partial charge in [0.1, 0.15) is 6.10 Å². The smallest absolute Gasteiger partial charge is 0.417 e. The van der Waals surface area contributed by atoms with Gasteiger partial charge < -0.3 is 9.47 Å².